The van der Waals surface area contributed by atoms with Crippen molar-refractivity contribution in [3.63, 3.8) is 0 Å². The first kappa shape index (κ1) is 20.9. The summed E-state index contributed by atoms with van der Waals surface area (Å²) in [5.74, 6) is 1.88. The molecule has 0 saturated carbocycles. The topological polar surface area (TPSA) is 65.4 Å². The lowest BCUT2D eigenvalue weighted by Crippen LogP contribution is -2.36. The molecular formula is C18H27IN6S. The predicted molar refractivity (Wildman–Crippen MR) is 120 cm³/mol. The molecule has 1 saturated heterocycles. The number of halogens is 1. The van der Waals surface area contributed by atoms with Crippen LogP contribution in [-0.2, 0) is 13.1 Å². The first-order valence-electron chi connectivity index (χ1n) is 8.88. The van der Waals surface area contributed by atoms with Gasteiger partial charge in [0.1, 0.15) is 10.8 Å². The molecule has 2 aromatic heterocycles. The minimum absolute atomic E-state index is 0. The number of rotatable bonds is 6. The van der Waals surface area contributed by atoms with E-state index in [0.29, 0.717) is 13.1 Å². The van der Waals surface area contributed by atoms with Crippen LogP contribution in [0.25, 0.3) is 0 Å². The molecule has 3 rings (SSSR count). The molecule has 0 amide bonds. The van der Waals surface area contributed by atoms with E-state index in [9.17, 15) is 0 Å². The second kappa shape index (κ2) is 10.7. The highest BCUT2D eigenvalue weighted by molar-refractivity contribution is 14.0. The van der Waals surface area contributed by atoms with Crippen LogP contribution in [0.2, 0.25) is 0 Å². The van der Waals surface area contributed by atoms with Gasteiger partial charge in [0, 0.05) is 36.9 Å². The zero-order valence-electron chi connectivity index (χ0n) is 15.4. The summed E-state index contributed by atoms with van der Waals surface area (Å²) in [6.07, 6.45) is 6.37. The van der Waals surface area contributed by atoms with Crippen molar-refractivity contribution in [3.8, 4) is 0 Å². The molecule has 0 spiro atoms. The summed E-state index contributed by atoms with van der Waals surface area (Å²) in [5, 5.41) is 7.68. The van der Waals surface area contributed by atoms with E-state index in [4.69, 9.17) is 0 Å². The number of nitrogens with zero attached hydrogens (tertiary/aromatic N) is 4. The molecule has 2 N–H and O–H groups in total. The average molecular weight is 486 g/mol. The smallest absolute Gasteiger partial charge is 0.191 e. The third kappa shape index (κ3) is 6.08. The normalized spacial score (nSPS) is 14.2. The molecule has 1 aliphatic heterocycles. The van der Waals surface area contributed by atoms with Gasteiger partial charge in [-0.1, -0.05) is 6.07 Å². The summed E-state index contributed by atoms with van der Waals surface area (Å²) in [6.45, 7) is 8.51. The molecule has 1 aliphatic rings. The molecular weight excluding hydrogens is 459 g/mol. The molecule has 0 aromatic carbocycles. The van der Waals surface area contributed by atoms with Crippen molar-refractivity contribution in [3.05, 3.63) is 40.0 Å². The minimum atomic E-state index is 0. The molecule has 3 heterocycles. The van der Waals surface area contributed by atoms with Crippen molar-refractivity contribution >= 4 is 47.1 Å². The van der Waals surface area contributed by atoms with E-state index in [-0.39, 0.29) is 24.0 Å². The van der Waals surface area contributed by atoms with Gasteiger partial charge < -0.3 is 15.5 Å². The molecule has 26 heavy (non-hydrogen) atoms. The van der Waals surface area contributed by atoms with E-state index >= 15 is 0 Å². The van der Waals surface area contributed by atoms with Crippen LogP contribution in [-0.4, -0.2) is 35.6 Å². The predicted octanol–water partition coefficient (Wildman–Crippen LogP) is 3.32. The lowest BCUT2D eigenvalue weighted by atomic mass is 10.3. The molecule has 6 nitrogen and oxygen atoms in total. The second-order valence-electron chi connectivity index (χ2n) is 6.13. The maximum atomic E-state index is 4.65. The van der Waals surface area contributed by atoms with Crippen LogP contribution in [0, 0.1) is 6.92 Å². The number of aliphatic imine (C=N–C) groups is 1. The van der Waals surface area contributed by atoms with Crippen molar-refractivity contribution in [2.75, 3.05) is 24.5 Å². The number of guanidine groups is 1. The van der Waals surface area contributed by atoms with E-state index in [1.165, 1.54) is 17.7 Å². The van der Waals surface area contributed by atoms with Gasteiger partial charge in [-0.05, 0) is 38.3 Å². The molecule has 142 valence electrons. The van der Waals surface area contributed by atoms with E-state index in [0.717, 1.165) is 42.0 Å². The van der Waals surface area contributed by atoms with Crippen molar-refractivity contribution in [2.24, 2.45) is 4.99 Å². The lowest BCUT2D eigenvalue weighted by Gasteiger charge is -2.16. The highest BCUT2D eigenvalue weighted by atomic mass is 127. The highest BCUT2D eigenvalue weighted by Crippen LogP contribution is 2.17. The molecule has 2 aromatic rings. The fraction of sp³-hybridized carbons (Fsp3) is 0.500. The van der Waals surface area contributed by atoms with Gasteiger partial charge in [0.15, 0.2) is 5.96 Å². The van der Waals surface area contributed by atoms with Crippen LogP contribution in [0.15, 0.2) is 29.5 Å². The minimum Gasteiger partial charge on any atom is -0.357 e. The Bertz CT molecular complexity index is 694. The van der Waals surface area contributed by atoms with Gasteiger partial charge >= 0.3 is 0 Å². The van der Waals surface area contributed by atoms with E-state index in [2.05, 4.69) is 56.5 Å². The van der Waals surface area contributed by atoms with Gasteiger partial charge in [0.25, 0.3) is 0 Å². The van der Waals surface area contributed by atoms with Crippen LogP contribution in [0.3, 0.4) is 0 Å². The lowest BCUT2D eigenvalue weighted by molar-refractivity contribution is 0.810. The summed E-state index contributed by atoms with van der Waals surface area (Å²) in [5.41, 5.74) is 1.12. The van der Waals surface area contributed by atoms with Crippen LogP contribution < -0.4 is 15.5 Å². The van der Waals surface area contributed by atoms with Crippen LogP contribution >= 0.6 is 35.3 Å². The number of hydrogen-bond donors (Lipinski definition) is 2. The number of nitrogens with one attached hydrogen (secondary N) is 2. The van der Waals surface area contributed by atoms with Crippen molar-refractivity contribution in [1.29, 1.82) is 0 Å². The first-order chi connectivity index (χ1) is 12.2. The Hall–Kier alpha value is -1.42. The van der Waals surface area contributed by atoms with Crippen molar-refractivity contribution < 1.29 is 0 Å². The second-order valence-corrected chi connectivity index (χ2v) is 7.45. The Kier molecular flexibility index (Phi) is 8.56. The van der Waals surface area contributed by atoms with Crippen molar-refractivity contribution in [2.45, 2.75) is 39.8 Å². The number of thiazole rings is 1. The molecule has 0 radical (unpaired) electrons. The van der Waals surface area contributed by atoms with E-state index in [1.54, 1.807) is 11.3 Å². The quantitative estimate of drug-likeness (QED) is 0.373. The maximum absolute atomic E-state index is 4.65. The standard InChI is InChI=1S/C18H26N6S.HI/c1-3-19-18(23-13-17-21-10-14(2)25-17)22-12-15-6-7-16(20-11-15)24-8-4-5-9-24;/h6-7,10-11H,3-5,8-9,12-13H2,1-2H3,(H2,19,22,23);1H. The van der Waals surface area contributed by atoms with Crippen molar-refractivity contribution in [1.82, 2.24) is 20.6 Å². The number of anilines is 1. The number of pyridine rings is 1. The Balaban J connectivity index is 0.00000243. The fourth-order valence-electron chi connectivity index (χ4n) is 2.80. The third-order valence-electron chi connectivity index (χ3n) is 4.08. The SMILES string of the molecule is CCNC(=NCc1ccc(N2CCCC2)nc1)NCc1ncc(C)s1.I. The number of hydrogen-bond acceptors (Lipinski definition) is 5. The highest BCUT2D eigenvalue weighted by Gasteiger charge is 2.12. The molecule has 0 bridgehead atoms. The van der Waals surface area contributed by atoms with Gasteiger partial charge in [0.2, 0.25) is 0 Å². The third-order valence-corrected chi connectivity index (χ3v) is 4.99. The largest absolute Gasteiger partial charge is 0.357 e. The fourth-order valence-corrected chi connectivity index (χ4v) is 3.52. The monoisotopic (exact) mass is 486 g/mol. The molecule has 0 atom stereocenters. The summed E-state index contributed by atoms with van der Waals surface area (Å²) in [4.78, 5) is 17.2. The maximum Gasteiger partial charge on any atom is 0.191 e. The molecule has 0 unspecified atom stereocenters. The summed E-state index contributed by atoms with van der Waals surface area (Å²) >= 11 is 1.70. The summed E-state index contributed by atoms with van der Waals surface area (Å²) in [7, 11) is 0. The number of aromatic nitrogens is 2. The van der Waals surface area contributed by atoms with Crippen LogP contribution in [0.1, 0.15) is 35.2 Å². The average Bonchev–Trinajstić information content (AvgIpc) is 3.30. The Labute approximate surface area is 176 Å². The van der Waals surface area contributed by atoms with E-state index < -0.39 is 0 Å². The van der Waals surface area contributed by atoms with Crippen LogP contribution in [0.4, 0.5) is 5.82 Å². The Morgan fingerprint density at radius 2 is 2.00 bits per heavy atom. The molecule has 8 heteroatoms. The van der Waals surface area contributed by atoms with Gasteiger partial charge in [-0.25, -0.2) is 15.0 Å². The molecule has 0 aliphatic carbocycles. The van der Waals surface area contributed by atoms with Crippen LogP contribution in [0.5, 0.6) is 0 Å². The zero-order chi connectivity index (χ0) is 17.5. The van der Waals surface area contributed by atoms with Gasteiger partial charge in [-0.2, -0.15) is 0 Å². The first-order valence-corrected chi connectivity index (χ1v) is 9.69. The van der Waals surface area contributed by atoms with Gasteiger partial charge in [-0.3, -0.25) is 0 Å². The Morgan fingerprint density at radius 3 is 2.62 bits per heavy atom. The Morgan fingerprint density at radius 1 is 1.19 bits per heavy atom. The zero-order valence-corrected chi connectivity index (χ0v) is 18.5. The van der Waals surface area contributed by atoms with Gasteiger partial charge in [0.05, 0.1) is 13.1 Å². The molecule has 1 fully saturated rings. The van der Waals surface area contributed by atoms with E-state index in [1.807, 2.05) is 12.4 Å². The summed E-state index contributed by atoms with van der Waals surface area (Å²) in [6, 6.07) is 4.23. The number of aryl methyl sites for hydroxylation is 1. The summed E-state index contributed by atoms with van der Waals surface area (Å²) < 4.78 is 0. The van der Waals surface area contributed by atoms with Gasteiger partial charge in [-0.15, -0.1) is 35.3 Å².